The minimum absolute atomic E-state index is 0.249. The average molecular weight is 387 g/mol. The van der Waals surface area contributed by atoms with Crippen molar-refractivity contribution in [3.05, 3.63) is 59.4 Å². The van der Waals surface area contributed by atoms with Crippen LogP contribution in [0.1, 0.15) is 60.3 Å². The van der Waals surface area contributed by atoms with E-state index in [0.717, 1.165) is 29.8 Å². The standard InChI is InChI=1S/C22H21N5O2/c1-12(2)16-11-18(26-25-16)24-21(28)15-10-17(13-8-9-13)23-22-19(15)20(27-29-22)14-6-4-3-5-7-14/h3-7,10-13H,8-9H2,1-2H3,(H2,24,25,26,28). The minimum Gasteiger partial charge on any atom is -0.335 e. The van der Waals surface area contributed by atoms with Crippen LogP contribution in [0.3, 0.4) is 0 Å². The van der Waals surface area contributed by atoms with Gasteiger partial charge in [-0.2, -0.15) is 5.10 Å². The summed E-state index contributed by atoms with van der Waals surface area (Å²) in [4.78, 5) is 17.9. The van der Waals surface area contributed by atoms with Crippen molar-refractivity contribution < 1.29 is 9.32 Å². The van der Waals surface area contributed by atoms with Crippen molar-refractivity contribution in [2.45, 2.75) is 38.5 Å². The van der Waals surface area contributed by atoms with Gasteiger partial charge in [0.15, 0.2) is 5.82 Å². The van der Waals surface area contributed by atoms with Crippen LogP contribution in [0.25, 0.3) is 22.4 Å². The molecule has 3 aromatic heterocycles. The van der Waals surface area contributed by atoms with Crippen LogP contribution in [0.15, 0.2) is 47.0 Å². The van der Waals surface area contributed by atoms with Gasteiger partial charge in [-0.25, -0.2) is 4.98 Å². The maximum Gasteiger partial charge on any atom is 0.259 e. The normalized spacial score (nSPS) is 13.9. The van der Waals surface area contributed by atoms with Crippen LogP contribution in [0.5, 0.6) is 0 Å². The lowest BCUT2D eigenvalue weighted by molar-refractivity contribution is 0.102. The molecule has 4 aromatic rings. The van der Waals surface area contributed by atoms with Crippen LogP contribution in [0, 0.1) is 0 Å². The van der Waals surface area contributed by atoms with Crippen molar-refractivity contribution in [2.24, 2.45) is 0 Å². The maximum absolute atomic E-state index is 13.2. The van der Waals surface area contributed by atoms with Gasteiger partial charge in [0, 0.05) is 28.9 Å². The van der Waals surface area contributed by atoms with Crippen LogP contribution in [0.4, 0.5) is 5.82 Å². The molecule has 0 bridgehead atoms. The Bertz CT molecular complexity index is 1190. The van der Waals surface area contributed by atoms with E-state index in [2.05, 4.69) is 39.5 Å². The Kier molecular flexibility index (Phi) is 4.16. The van der Waals surface area contributed by atoms with Crippen LogP contribution in [0.2, 0.25) is 0 Å². The highest BCUT2D eigenvalue weighted by atomic mass is 16.5. The lowest BCUT2D eigenvalue weighted by Gasteiger charge is -2.07. The number of carbonyl (C=O) groups is 1. The lowest BCUT2D eigenvalue weighted by Crippen LogP contribution is -2.13. The molecule has 1 saturated carbocycles. The molecule has 1 aromatic carbocycles. The number of amides is 1. The van der Waals surface area contributed by atoms with Gasteiger partial charge in [0.05, 0.1) is 10.9 Å². The molecular formula is C22H21N5O2. The first-order chi connectivity index (χ1) is 14.1. The van der Waals surface area contributed by atoms with Crippen LogP contribution >= 0.6 is 0 Å². The van der Waals surface area contributed by atoms with E-state index in [4.69, 9.17) is 4.52 Å². The number of H-pyrrole nitrogens is 1. The monoisotopic (exact) mass is 387 g/mol. The fourth-order valence-corrected chi connectivity index (χ4v) is 3.41. The van der Waals surface area contributed by atoms with Gasteiger partial charge in [0.2, 0.25) is 0 Å². The molecule has 7 heteroatoms. The summed E-state index contributed by atoms with van der Waals surface area (Å²) >= 11 is 0. The van der Waals surface area contributed by atoms with Gasteiger partial charge in [-0.3, -0.25) is 9.89 Å². The number of pyridine rings is 1. The summed E-state index contributed by atoms with van der Waals surface area (Å²) in [7, 11) is 0. The van der Waals surface area contributed by atoms with E-state index >= 15 is 0 Å². The molecule has 1 fully saturated rings. The molecule has 0 atom stereocenters. The first kappa shape index (κ1) is 17.6. The predicted molar refractivity (Wildman–Crippen MR) is 110 cm³/mol. The summed E-state index contributed by atoms with van der Waals surface area (Å²) in [6.45, 7) is 4.13. The highest BCUT2D eigenvalue weighted by Gasteiger charge is 2.29. The molecule has 0 radical (unpaired) electrons. The fourth-order valence-electron chi connectivity index (χ4n) is 3.41. The molecule has 1 aliphatic rings. The van der Waals surface area contributed by atoms with E-state index in [-0.39, 0.29) is 5.91 Å². The van der Waals surface area contributed by atoms with Crippen molar-refractivity contribution in [3.63, 3.8) is 0 Å². The number of nitrogens with zero attached hydrogens (tertiary/aromatic N) is 3. The second kappa shape index (κ2) is 6.84. The molecule has 2 N–H and O–H groups in total. The second-order valence-corrected chi connectivity index (χ2v) is 7.76. The van der Waals surface area contributed by atoms with Crippen molar-refractivity contribution in [2.75, 3.05) is 5.32 Å². The molecule has 7 nitrogen and oxygen atoms in total. The van der Waals surface area contributed by atoms with Gasteiger partial charge in [-0.1, -0.05) is 49.3 Å². The summed E-state index contributed by atoms with van der Waals surface area (Å²) in [6, 6.07) is 13.4. The van der Waals surface area contributed by atoms with Crippen LogP contribution in [-0.4, -0.2) is 26.2 Å². The van der Waals surface area contributed by atoms with Crippen LogP contribution < -0.4 is 5.32 Å². The van der Waals surface area contributed by atoms with E-state index in [1.54, 1.807) is 0 Å². The van der Waals surface area contributed by atoms with Gasteiger partial charge in [-0.15, -0.1) is 0 Å². The van der Waals surface area contributed by atoms with E-state index < -0.39 is 0 Å². The SMILES string of the molecule is CC(C)c1cc(NC(=O)c2cc(C3CC3)nc3onc(-c4ccccc4)c23)n[nH]1. The van der Waals surface area contributed by atoms with Crippen molar-refractivity contribution in [3.8, 4) is 11.3 Å². The number of hydrogen-bond acceptors (Lipinski definition) is 5. The molecule has 0 aliphatic heterocycles. The lowest BCUT2D eigenvalue weighted by atomic mass is 10.0. The zero-order valence-corrected chi connectivity index (χ0v) is 16.3. The highest BCUT2D eigenvalue weighted by Crippen LogP contribution is 2.41. The Morgan fingerprint density at radius 2 is 2.00 bits per heavy atom. The Morgan fingerprint density at radius 1 is 1.21 bits per heavy atom. The number of nitrogens with one attached hydrogen (secondary N) is 2. The molecule has 146 valence electrons. The number of anilines is 1. The average Bonchev–Trinajstić information content (AvgIpc) is 3.32. The molecule has 5 rings (SSSR count). The fraction of sp³-hybridized carbons (Fsp3) is 0.273. The number of rotatable bonds is 5. The molecule has 1 aliphatic carbocycles. The summed E-state index contributed by atoms with van der Waals surface area (Å²) in [5.41, 5.74) is 4.24. The number of carbonyl (C=O) groups excluding carboxylic acids is 1. The summed E-state index contributed by atoms with van der Waals surface area (Å²) < 4.78 is 5.54. The molecular weight excluding hydrogens is 366 g/mol. The van der Waals surface area contributed by atoms with Gasteiger partial charge in [0.25, 0.3) is 11.6 Å². The summed E-state index contributed by atoms with van der Waals surface area (Å²) in [5, 5.41) is 14.9. The number of hydrogen-bond donors (Lipinski definition) is 2. The van der Waals surface area contributed by atoms with E-state index in [1.807, 2.05) is 42.5 Å². The Balaban J connectivity index is 1.60. The molecule has 0 saturated heterocycles. The predicted octanol–water partition coefficient (Wildman–Crippen LogP) is 4.87. The number of benzene rings is 1. The van der Waals surface area contributed by atoms with Gasteiger partial charge >= 0.3 is 0 Å². The topological polar surface area (TPSA) is 96.7 Å². The van der Waals surface area contributed by atoms with Gasteiger partial charge < -0.3 is 9.84 Å². The third-order valence-corrected chi connectivity index (χ3v) is 5.22. The summed E-state index contributed by atoms with van der Waals surface area (Å²) in [6.07, 6.45) is 2.16. The van der Waals surface area contributed by atoms with E-state index in [0.29, 0.717) is 40.0 Å². The second-order valence-electron chi connectivity index (χ2n) is 7.76. The summed E-state index contributed by atoms with van der Waals surface area (Å²) in [5.74, 6) is 0.926. The number of fused-ring (bicyclic) bond motifs is 1. The maximum atomic E-state index is 13.2. The van der Waals surface area contributed by atoms with Crippen molar-refractivity contribution in [1.82, 2.24) is 20.3 Å². The Morgan fingerprint density at radius 3 is 2.69 bits per heavy atom. The molecule has 0 unspecified atom stereocenters. The zero-order chi connectivity index (χ0) is 20.0. The van der Waals surface area contributed by atoms with E-state index in [1.165, 1.54) is 0 Å². The molecule has 3 heterocycles. The quantitative estimate of drug-likeness (QED) is 0.509. The van der Waals surface area contributed by atoms with Crippen molar-refractivity contribution >= 4 is 22.8 Å². The molecule has 29 heavy (non-hydrogen) atoms. The minimum atomic E-state index is -0.249. The third kappa shape index (κ3) is 3.29. The zero-order valence-electron chi connectivity index (χ0n) is 16.3. The first-order valence-corrected chi connectivity index (χ1v) is 9.82. The van der Waals surface area contributed by atoms with Crippen molar-refractivity contribution in [1.29, 1.82) is 0 Å². The third-order valence-electron chi connectivity index (χ3n) is 5.22. The smallest absolute Gasteiger partial charge is 0.259 e. The number of aromatic nitrogens is 4. The Hall–Kier alpha value is -3.48. The Labute approximate surface area is 167 Å². The highest BCUT2D eigenvalue weighted by molar-refractivity contribution is 6.14. The van der Waals surface area contributed by atoms with Crippen LogP contribution in [-0.2, 0) is 0 Å². The molecule has 1 amide bonds. The van der Waals surface area contributed by atoms with E-state index in [9.17, 15) is 4.79 Å². The first-order valence-electron chi connectivity index (χ1n) is 9.82. The van der Waals surface area contributed by atoms with Gasteiger partial charge in [-0.05, 0) is 24.8 Å². The molecule has 0 spiro atoms. The van der Waals surface area contributed by atoms with Gasteiger partial charge in [0.1, 0.15) is 5.69 Å². The number of aromatic amines is 1. The largest absolute Gasteiger partial charge is 0.335 e.